The summed E-state index contributed by atoms with van der Waals surface area (Å²) in [7, 11) is 0. The van der Waals surface area contributed by atoms with Crippen molar-refractivity contribution in [1.29, 1.82) is 0 Å². The fourth-order valence-corrected chi connectivity index (χ4v) is 7.12. The lowest BCUT2D eigenvalue weighted by molar-refractivity contribution is -0.141. The first kappa shape index (κ1) is 34.3. The lowest BCUT2D eigenvalue weighted by atomic mass is 9.95. The second-order valence-corrected chi connectivity index (χ2v) is 13.9. The first-order valence-corrected chi connectivity index (χ1v) is 16.7. The number of rotatable bonds is 7. The van der Waals surface area contributed by atoms with E-state index in [0.29, 0.717) is 41.5 Å². The molecule has 1 atom stereocenters. The molecule has 51 heavy (non-hydrogen) atoms. The van der Waals surface area contributed by atoms with Crippen LogP contribution in [0.5, 0.6) is 0 Å². The molecule has 3 aliphatic heterocycles. The first-order chi connectivity index (χ1) is 24.1. The number of hydrogen-bond donors (Lipinski definition) is 3. The number of nitrogens with zero attached hydrogens (tertiary/aromatic N) is 5. The van der Waals surface area contributed by atoms with Crippen molar-refractivity contribution in [3.63, 3.8) is 0 Å². The SMILES string of the molecule is CC(C)(O)c1cc2nn(C3CCN(Cc4ccc5c(c4)CN(C4CCC(=O)NC4=O)C5=O)CC3)cc2cc1NC(=O)c1cccc(C(F)(F)F)n1. The molecular formula is C36H36F3N7O5. The minimum absolute atomic E-state index is 0.0892. The molecule has 3 aliphatic rings. The maximum atomic E-state index is 13.2. The Labute approximate surface area is 290 Å². The van der Waals surface area contributed by atoms with Crippen molar-refractivity contribution in [2.24, 2.45) is 0 Å². The van der Waals surface area contributed by atoms with Crippen LogP contribution < -0.4 is 10.6 Å². The van der Waals surface area contributed by atoms with Crippen molar-refractivity contribution in [3.05, 3.63) is 88.4 Å². The molecule has 2 aromatic heterocycles. The van der Waals surface area contributed by atoms with E-state index in [1.165, 1.54) is 6.07 Å². The third-order valence-electron chi connectivity index (χ3n) is 9.77. The summed E-state index contributed by atoms with van der Waals surface area (Å²) in [5.41, 5.74) is 0.716. The van der Waals surface area contributed by atoms with Gasteiger partial charge in [-0.15, -0.1) is 0 Å². The topological polar surface area (TPSA) is 150 Å². The van der Waals surface area contributed by atoms with Crippen molar-refractivity contribution < 1.29 is 37.5 Å². The average Bonchev–Trinajstić information content (AvgIpc) is 3.64. The molecule has 4 amide bonds. The van der Waals surface area contributed by atoms with E-state index in [0.717, 1.165) is 49.2 Å². The molecule has 0 saturated carbocycles. The molecule has 266 valence electrons. The normalized spacial score (nSPS) is 19.1. The van der Waals surface area contributed by atoms with Gasteiger partial charge in [-0.05, 0) is 74.6 Å². The number of imide groups is 1. The molecule has 2 aromatic carbocycles. The highest BCUT2D eigenvalue weighted by atomic mass is 19.4. The highest BCUT2D eigenvalue weighted by Gasteiger charge is 2.39. The maximum absolute atomic E-state index is 13.2. The number of aliphatic hydroxyl groups is 1. The summed E-state index contributed by atoms with van der Waals surface area (Å²) in [4.78, 5) is 57.4. The van der Waals surface area contributed by atoms with Crippen molar-refractivity contribution in [3.8, 4) is 0 Å². The van der Waals surface area contributed by atoms with Crippen LogP contribution in [0.2, 0.25) is 0 Å². The first-order valence-electron chi connectivity index (χ1n) is 16.7. The Balaban J connectivity index is 1.02. The van der Waals surface area contributed by atoms with Crippen LogP contribution in [0.1, 0.15) is 88.8 Å². The Morgan fingerprint density at radius 1 is 1.04 bits per heavy atom. The van der Waals surface area contributed by atoms with Gasteiger partial charge in [0.2, 0.25) is 11.8 Å². The van der Waals surface area contributed by atoms with Gasteiger partial charge in [-0.25, -0.2) is 4.98 Å². The molecule has 2 saturated heterocycles. The third-order valence-corrected chi connectivity index (χ3v) is 9.77. The van der Waals surface area contributed by atoms with E-state index in [4.69, 9.17) is 5.10 Å². The zero-order valence-electron chi connectivity index (χ0n) is 28.0. The Morgan fingerprint density at radius 3 is 2.51 bits per heavy atom. The number of carbonyl (C=O) groups excluding carboxylic acids is 4. The molecule has 1 unspecified atom stereocenters. The fraction of sp³-hybridized carbons (Fsp3) is 0.389. The second kappa shape index (κ2) is 12.9. The number of halogens is 3. The fourth-order valence-electron chi connectivity index (χ4n) is 7.12. The smallest absolute Gasteiger partial charge is 0.386 e. The van der Waals surface area contributed by atoms with Crippen LogP contribution in [0, 0.1) is 0 Å². The van der Waals surface area contributed by atoms with Gasteiger partial charge < -0.3 is 15.3 Å². The van der Waals surface area contributed by atoms with Gasteiger partial charge in [-0.2, -0.15) is 18.3 Å². The van der Waals surface area contributed by atoms with Gasteiger partial charge in [0, 0.05) is 61.0 Å². The lowest BCUT2D eigenvalue weighted by Gasteiger charge is -2.32. The summed E-state index contributed by atoms with van der Waals surface area (Å²) >= 11 is 0. The summed E-state index contributed by atoms with van der Waals surface area (Å²) in [6, 6.07) is 11.7. The molecule has 0 bridgehead atoms. The van der Waals surface area contributed by atoms with E-state index in [1.54, 1.807) is 30.9 Å². The molecule has 7 rings (SSSR count). The molecule has 3 N–H and O–H groups in total. The Bertz CT molecular complexity index is 2060. The number of pyridine rings is 1. The maximum Gasteiger partial charge on any atom is 0.433 e. The predicted octanol–water partition coefficient (Wildman–Crippen LogP) is 4.53. The third kappa shape index (κ3) is 6.95. The van der Waals surface area contributed by atoms with Gasteiger partial charge in [0.25, 0.3) is 11.8 Å². The van der Waals surface area contributed by atoms with Crippen LogP contribution in [0.3, 0.4) is 0 Å². The Hall–Kier alpha value is -5.15. The Morgan fingerprint density at radius 2 is 1.80 bits per heavy atom. The van der Waals surface area contributed by atoms with Gasteiger partial charge in [0.15, 0.2) is 0 Å². The molecule has 15 heteroatoms. The van der Waals surface area contributed by atoms with E-state index in [1.807, 2.05) is 29.1 Å². The van der Waals surface area contributed by atoms with Gasteiger partial charge in [-0.3, -0.25) is 34.1 Å². The van der Waals surface area contributed by atoms with E-state index >= 15 is 0 Å². The van der Waals surface area contributed by atoms with Gasteiger partial charge in [0.1, 0.15) is 17.4 Å². The largest absolute Gasteiger partial charge is 0.433 e. The number of hydrogen-bond acceptors (Lipinski definition) is 8. The summed E-state index contributed by atoms with van der Waals surface area (Å²) in [6.07, 6.45) is -0.693. The molecule has 12 nitrogen and oxygen atoms in total. The van der Waals surface area contributed by atoms with Crippen LogP contribution in [0.4, 0.5) is 18.9 Å². The molecule has 5 heterocycles. The number of fused-ring (bicyclic) bond motifs is 2. The molecule has 0 radical (unpaired) electrons. The number of piperidine rings is 2. The zero-order valence-corrected chi connectivity index (χ0v) is 28.0. The van der Waals surface area contributed by atoms with E-state index in [2.05, 4.69) is 20.5 Å². The minimum Gasteiger partial charge on any atom is -0.386 e. The van der Waals surface area contributed by atoms with Crippen LogP contribution in [-0.2, 0) is 34.5 Å². The summed E-state index contributed by atoms with van der Waals surface area (Å²) in [5, 5.41) is 21.4. The number of nitrogens with one attached hydrogen (secondary N) is 2. The zero-order chi connectivity index (χ0) is 36.2. The standard InChI is InChI=1S/C36H36F3N7O5/c1-35(2,51)25-16-27-22(15-28(25)41-32(48)26-4-3-5-30(40-26)36(37,38)39)19-46(43-27)23-10-12-44(13-11-23)17-20-6-7-24-21(14-20)18-45(34(24)50)29-8-9-31(47)42-33(29)49/h3-7,14-16,19,23,29,51H,8-13,17-18H2,1-2H3,(H,41,48)(H,42,47,49). The predicted molar refractivity (Wildman–Crippen MR) is 178 cm³/mol. The van der Waals surface area contributed by atoms with Gasteiger partial charge in [0.05, 0.1) is 17.2 Å². The number of benzene rings is 2. The van der Waals surface area contributed by atoms with E-state index < -0.39 is 41.0 Å². The number of anilines is 1. The summed E-state index contributed by atoms with van der Waals surface area (Å²) in [5.74, 6) is -1.79. The monoisotopic (exact) mass is 703 g/mol. The minimum atomic E-state index is -4.70. The molecule has 0 spiro atoms. The van der Waals surface area contributed by atoms with Crippen molar-refractivity contribution >= 4 is 40.2 Å². The number of likely N-dealkylation sites (tertiary alicyclic amines) is 1. The summed E-state index contributed by atoms with van der Waals surface area (Å²) in [6.45, 7) is 5.69. The van der Waals surface area contributed by atoms with Crippen molar-refractivity contribution in [1.82, 2.24) is 29.9 Å². The average molecular weight is 704 g/mol. The van der Waals surface area contributed by atoms with Gasteiger partial charge >= 0.3 is 6.18 Å². The lowest BCUT2D eigenvalue weighted by Crippen LogP contribution is -2.52. The van der Waals surface area contributed by atoms with Crippen molar-refractivity contribution in [2.45, 2.75) is 76.5 Å². The molecule has 2 fully saturated rings. The quantitative estimate of drug-likeness (QED) is 0.238. The number of alkyl halides is 3. The number of carbonyl (C=O) groups is 4. The number of amides is 4. The van der Waals surface area contributed by atoms with Crippen LogP contribution in [0.25, 0.3) is 10.9 Å². The molecule has 0 aliphatic carbocycles. The number of aromatic nitrogens is 3. The molecule has 4 aromatic rings. The Kier molecular flexibility index (Phi) is 8.66. The molecular weight excluding hydrogens is 667 g/mol. The van der Waals surface area contributed by atoms with E-state index in [9.17, 15) is 37.5 Å². The van der Waals surface area contributed by atoms with Crippen LogP contribution in [-0.4, -0.2) is 72.4 Å². The van der Waals surface area contributed by atoms with E-state index in [-0.39, 0.29) is 30.0 Å². The van der Waals surface area contributed by atoms with Crippen LogP contribution >= 0.6 is 0 Å². The summed E-state index contributed by atoms with van der Waals surface area (Å²) < 4.78 is 41.5. The van der Waals surface area contributed by atoms with Crippen LogP contribution in [0.15, 0.2) is 54.7 Å². The highest BCUT2D eigenvalue weighted by Crippen LogP contribution is 2.35. The highest BCUT2D eigenvalue weighted by molar-refractivity contribution is 6.06. The van der Waals surface area contributed by atoms with Gasteiger partial charge in [-0.1, -0.05) is 18.2 Å². The second-order valence-electron chi connectivity index (χ2n) is 13.9. The van der Waals surface area contributed by atoms with Crippen molar-refractivity contribution in [2.75, 3.05) is 18.4 Å².